The second kappa shape index (κ2) is 11.9. The molecule has 0 radical (unpaired) electrons. The van der Waals surface area contributed by atoms with Crippen molar-refractivity contribution in [3.8, 4) is 17.0 Å². The Morgan fingerprint density at radius 2 is 1.71 bits per heavy atom. The summed E-state index contributed by atoms with van der Waals surface area (Å²) in [4.78, 5) is 37.9. The van der Waals surface area contributed by atoms with E-state index in [9.17, 15) is 19.5 Å². The topological polar surface area (TPSA) is 112 Å². The van der Waals surface area contributed by atoms with Crippen LogP contribution in [-0.4, -0.2) is 34.5 Å². The van der Waals surface area contributed by atoms with Crippen LogP contribution in [-0.2, 0) is 16.1 Å². The van der Waals surface area contributed by atoms with E-state index in [0.29, 0.717) is 48.7 Å². The summed E-state index contributed by atoms with van der Waals surface area (Å²) in [5.41, 5.74) is 5.48. The monoisotopic (exact) mass is 602 g/mol. The summed E-state index contributed by atoms with van der Waals surface area (Å²) in [6.45, 7) is 1.23. The zero-order valence-corrected chi connectivity index (χ0v) is 25.1. The van der Waals surface area contributed by atoms with E-state index in [0.717, 1.165) is 42.2 Å². The first kappa shape index (κ1) is 28.9. The van der Waals surface area contributed by atoms with Crippen LogP contribution in [0.2, 0.25) is 0 Å². The quantitative estimate of drug-likeness (QED) is 0.260. The van der Waals surface area contributed by atoms with Gasteiger partial charge in [-0.2, -0.15) is 0 Å². The summed E-state index contributed by atoms with van der Waals surface area (Å²) in [5.74, 6) is -0.438. The molecule has 3 aromatic carbocycles. The zero-order valence-electron chi connectivity index (χ0n) is 25.1. The van der Waals surface area contributed by atoms with Gasteiger partial charge in [-0.3, -0.25) is 9.59 Å². The normalized spacial score (nSPS) is 17.4. The number of carbonyl (C=O) groups excluding carboxylic acids is 3. The molecule has 3 aliphatic rings. The van der Waals surface area contributed by atoms with E-state index in [2.05, 4.69) is 33.4 Å². The van der Waals surface area contributed by atoms with E-state index < -0.39 is 11.5 Å². The van der Waals surface area contributed by atoms with Crippen LogP contribution in [0.5, 0.6) is 5.75 Å². The number of carboxylic acids is 1. The van der Waals surface area contributed by atoms with Crippen molar-refractivity contribution in [2.24, 2.45) is 0 Å². The van der Waals surface area contributed by atoms with Gasteiger partial charge in [0.25, 0.3) is 5.91 Å². The Balaban J connectivity index is 1.18. The van der Waals surface area contributed by atoms with Crippen LogP contribution < -0.4 is 20.5 Å². The minimum absolute atomic E-state index is 0.258. The van der Waals surface area contributed by atoms with Gasteiger partial charge in [0.2, 0.25) is 5.91 Å². The predicted molar refractivity (Wildman–Crippen MR) is 172 cm³/mol. The fourth-order valence-electron chi connectivity index (χ4n) is 7.20. The van der Waals surface area contributed by atoms with Crippen LogP contribution in [0.25, 0.3) is 28.2 Å². The Morgan fingerprint density at radius 3 is 2.44 bits per heavy atom. The number of aromatic nitrogens is 1. The molecule has 2 saturated carbocycles. The van der Waals surface area contributed by atoms with Crippen molar-refractivity contribution in [1.82, 2.24) is 9.88 Å². The molecular formula is C37H36N3O5-. The number of anilines is 1. The molecule has 2 N–H and O–H groups in total. The predicted octanol–water partition coefficient (Wildman–Crippen LogP) is 5.80. The van der Waals surface area contributed by atoms with Gasteiger partial charge in [0, 0.05) is 27.7 Å². The number of hydrogen-bond acceptors (Lipinski definition) is 5. The highest BCUT2D eigenvalue weighted by Crippen LogP contribution is 2.47. The van der Waals surface area contributed by atoms with Crippen molar-refractivity contribution in [2.75, 3.05) is 11.9 Å². The number of aliphatic carboxylic acids is 1. The molecule has 2 amide bonds. The van der Waals surface area contributed by atoms with Gasteiger partial charge >= 0.3 is 0 Å². The molecule has 2 heterocycles. The molecule has 2 fully saturated rings. The lowest BCUT2D eigenvalue weighted by atomic mass is 9.75. The highest BCUT2D eigenvalue weighted by Gasteiger charge is 2.45. The van der Waals surface area contributed by atoms with Gasteiger partial charge in [0.05, 0.1) is 18.2 Å². The highest BCUT2D eigenvalue weighted by molar-refractivity contribution is 6.06. The third kappa shape index (κ3) is 5.50. The molecule has 0 spiro atoms. The van der Waals surface area contributed by atoms with E-state index in [1.165, 1.54) is 42.0 Å². The molecule has 0 unspecified atom stereocenters. The third-order valence-corrected chi connectivity index (χ3v) is 9.67. The van der Waals surface area contributed by atoms with Crippen molar-refractivity contribution in [3.63, 3.8) is 0 Å². The molecule has 1 aliphatic heterocycles. The minimum atomic E-state index is -1.27. The zero-order chi connectivity index (χ0) is 31.0. The summed E-state index contributed by atoms with van der Waals surface area (Å²) >= 11 is 0. The number of carboxylic acid groups (broad SMARTS) is 1. The van der Waals surface area contributed by atoms with Crippen LogP contribution in [0, 0.1) is 0 Å². The van der Waals surface area contributed by atoms with Gasteiger partial charge < -0.3 is 29.8 Å². The fraction of sp³-hybridized carbons (Fsp3) is 0.324. The number of rotatable bonds is 7. The second-order valence-corrected chi connectivity index (χ2v) is 12.4. The molecule has 0 bridgehead atoms. The average Bonchev–Trinajstić information content (AvgIpc) is 3.23. The van der Waals surface area contributed by atoms with Crippen molar-refractivity contribution in [3.05, 3.63) is 89.5 Å². The average molecular weight is 603 g/mol. The summed E-state index contributed by atoms with van der Waals surface area (Å²) in [5, 5.41) is 17.9. The lowest BCUT2D eigenvalue weighted by Gasteiger charge is -2.40. The number of ether oxygens (including phenoxy) is 1. The van der Waals surface area contributed by atoms with E-state index in [-0.39, 0.29) is 11.8 Å². The summed E-state index contributed by atoms with van der Waals surface area (Å²) in [7, 11) is 0. The van der Waals surface area contributed by atoms with Gasteiger partial charge in [0.15, 0.2) is 0 Å². The van der Waals surface area contributed by atoms with Crippen molar-refractivity contribution >= 4 is 40.4 Å². The Kier molecular flexibility index (Phi) is 7.65. The molecule has 2 aliphatic carbocycles. The van der Waals surface area contributed by atoms with Crippen LogP contribution in [0.3, 0.4) is 0 Å². The molecule has 0 saturated heterocycles. The Labute approximate surface area is 262 Å². The second-order valence-electron chi connectivity index (χ2n) is 12.4. The summed E-state index contributed by atoms with van der Waals surface area (Å²) < 4.78 is 8.51. The van der Waals surface area contributed by atoms with E-state index in [1.54, 1.807) is 24.3 Å². The maximum Gasteiger partial charge on any atom is 0.252 e. The number of benzene rings is 3. The van der Waals surface area contributed by atoms with Gasteiger partial charge in [-0.05, 0) is 91.6 Å². The van der Waals surface area contributed by atoms with Crippen molar-refractivity contribution in [2.45, 2.75) is 69.4 Å². The Bertz CT molecular complexity index is 1810. The van der Waals surface area contributed by atoms with E-state index in [4.69, 9.17) is 4.74 Å². The van der Waals surface area contributed by atoms with Crippen molar-refractivity contribution in [1.29, 1.82) is 0 Å². The molecular weight excluding hydrogens is 566 g/mol. The van der Waals surface area contributed by atoms with E-state index in [1.807, 2.05) is 24.3 Å². The molecule has 45 heavy (non-hydrogen) atoms. The number of para-hydroxylation sites is 1. The lowest BCUT2D eigenvalue weighted by Crippen LogP contribution is -2.61. The van der Waals surface area contributed by atoms with Crippen LogP contribution >= 0.6 is 0 Å². The number of nitrogens with one attached hydrogen (secondary N) is 2. The lowest BCUT2D eigenvalue weighted by molar-refractivity contribution is -0.297. The molecule has 230 valence electrons. The van der Waals surface area contributed by atoms with Gasteiger partial charge in [-0.25, -0.2) is 0 Å². The number of hydrogen-bond donors (Lipinski definition) is 2. The first-order chi connectivity index (χ1) is 21.9. The maximum absolute atomic E-state index is 13.8. The Hall–Kier alpha value is -4.85. The van der Waals surface area contributed by atoms with Crippen LogP contribution in [0.1, 0.15) is 78.8 Å². The SMILES string of the molecule is O=C([O-])/C=C/c1ccc(NC(=O)C2(NC(=O)c3ccc4c(C5CCCCC5)c5n(c4c3)CCOc3ccccc3-5)CCC2)cc1. The highest BCUT2D eigenvalue weighted by atomic mass is 16.5. The number of amides is 2. The van der Waals surface area contributed by atoms with Crippen LogP contribution in [0.4, 0.5) is 5.69 Å². The van der Waals surface area contributed by atoms with Gasteiger partial charge in [-0.15, -0.1) is 0 Å². The first-order valence-electron chi connectivity index (χ1n) is 15.9. The third-order valence-electron chi connectivity index (χ3n) is 9.67. The standard InChI is InChI=1S/C37H37N3O5/c41-32(42)18-13-24-11-15-27(16-12-24)38-36(44)37(19-6-20-37)39-35(43)26-14-17-28-30(23-26)40-21-22-45-31-10-5-4-9-29(31)34(40)33(28)25-7-2-1-3-8-25/h4-5,9-18,23,25H,1-3,6-8,19-22H2,(H,38,44)(H,39,43)(H,41,42)/p-1/b18-13+. The number of nitrogens with zero attached hydrogens (tertiary/aromatic N) is 1. The molecule has 4 aromatic rings. The Morgan fingerprint density at radius 1 is 0.933 bits per heavy atom. The smallest absolute Gasteiger partial charge is 0.252 e. The summed E-state index contributed by atoms with van der Waals surface area (Å²) in [6, 6.07) is 21.1. The molecule has 8 nitrogen and oxygen atoms in total. The number of carbonyl (C=O) groups is 3. The first-order valence-corrected chi connectivity index (χ1v) is 15.9. The minimum Gasteiger partial charge on any atom is -0.545 e. The summed E-state index contributed by atoms with van der Waals surface area (Å²) in [6.07, 6.45) is 10.4. The van der Waals surface area contributed by atoms with Gasteiger partial charge in [-0.1, -0.05) is 55.7 Å². The van der Waals surface area contributed by atoms with Gasteiger partial charge in [0.1, 0.15) is 17.9 Å². The largest absolute Gasteiger partial charge is 0.545 e. The fourth-order valence-corrected chi connectivity index (χ4v) is 7.20. The molecule has 0 atom stereocenters. The van der Waals surface area contributed by atoms with Crippen molar-refractivity contribution < 1.29 is 24.2 Å². The number of fused-ring (bicyclic) bond motifs is 5. The maximum atomic E-state index is 13.8. The molecule has 7 rings (SSSR count). The van der Waals surface area contributed by atoms with E-state index >= 15 is 0 Å². The molecule has 8 heteroatoms. The molecule has 1 aromatic heterocycles. The van der Waals surface area contributed by atoms with Crippen LogP contribution in [0.15, 0.2) is 72.8 Å².